The van der Waals surface area contributed by atoms with Gasteiger partial charge in [0.1, 0.15) is 0 Å². The van der Waals surface area contributed by atoms with Crippen LogP contribution in [0, 0.1) is 0 Å². The molecule has 92 valence electrons. The van der Waals surface area contributed by atoms with E-state index in [2.05, 4.69) is 72.6 Å². The molecule has 0 saturated heterocycles. The fourth-order valence-corrected chi connectivity index (χ4v) is 9.17. The van der Waals surface area contributed by atoms with Gasteiger partial charge in [-0.3, -0.25) is 0 Å². The molecule has 0 saturated carbocycles. The van der Waals surface area contributed by atoms with Crippen LogP contribution in [0.15, 0.2) is 66.0 Å². The van der Waals surface area contributed by atoms with Gasteiger partial charge in [0, 0.05) is 4.50 Å². The Bertz CT molecular complexity index is 698. The van der Waals surface area contributed by atoms with Crippen molar-refractivity contribution in [3.63, 3.8) is 0 Å². The van der Waals surface area contributed by atoms with Crippen molar-refractivity contribution < 1.29 is 0 Å². The lowest BCUT2D eigenvalue weighted by atomic mass is 10.1. The highest BCUT2D eigenvalue weighted by Crippen LogP contribution is 2.28. The Hall–Kier alpha value is -1.64. The highest BCUT2D eigenvalue weighted by atomic mass is 32.1. The first-order valence-electron chi connectivity index (χ1n) is 6.55. The summed E-state index contributed by atoms with van der Waals surface area (Å²) >= 11 is 1.91. The maximum atomic E-state index is 2.49. The van der Waals surface area contributed by atoms with Crippen molar-refractivity contribution in [1.29, 1.82) is 0 Å². The first kappa shape index (κ1) is 11.2. The molecule has 0 bridgehead atoms. The molecular formula is C17H14SSi. The summed E-state index contributed by atoms with van der Waals surface area (Å²) in [6.45, 7) is 2.49. The zero-order valence-corrected chi connectivity index (χ0v) is 12.6. The van der Waals surface area contributed by atoms with Crippen molar-refractivity contribution in [2.45, 2.75) is 6.55 Å². The number of benzene rings is 2. The minimum absolute atomic E-state index is 1.45. The zero-order valence-electron chi connectivity index (χ0n) is 10.8. The SMILES string of the molecule is C[Si]1(c2cccs2)c2ccccc2-c2ccccc21. The largest absolute Gasteiger partial charge is 0.158 e. The second kappa shape index (κ2) is 3.92. The summed E-state index contributed by atoms with van der Waals surface area (Å²) in [5.41, 5.74) is 2.89. The summed E-state index contributed by atoms with van der Waals surface area (Å²) < 4.78 is 1.56. The molecule has 4 rings (SSSR count). The summed E-state index contributed by atoms with van der Waals surface area (Å²) in [6, 6.07) is 22.4. The van der Waals surface area contributed by atoms with E-state index in [4.69, 9.17) is 0 Å². The van der Waals surface area contributed by atoms with E-state index in [1.54, 1.807) is 14.9 Å². The highest BCUT2D eigenvalue weighted by Gasteiger charge is 2.43. The van der Waals surface area contributed by atoms with Gasteiger partial charge in [0.25, 0.3) is 0 Å². The molecular weight excluding hydrogens is 264 g/mol. The molecule has 0 radical (unpaired) electrons. The normalized spacial score (nSPS) is 15.0. The highest BCUT2D eigenvalue weighted by molar-refractivity contribution is 7.32. The molecule has 1 aliphatic heterocycles. The second-order valence-electron chi connectivity index (χ2n) is 5.19. The van der Waals surface area contributed by atoms with Crippen molar-refractivity contribution in [2.75, 3.05) is 0 Å². The van der Waals surface area contributed by atoms with Crippen LogP contribution in [0.1, 0.15) is 0 Å². The molecule has 0 amide bonds. The third-order valence-electron chi connectivity index (χ3n) is 4.24. The van der Waals surface area contributed by atoms with Crippen molar-refractivity contribution >= 4 is 34.3 Å². The maximum Gasteiger partial charge on any atom is 0.158 e. The Morgan fingerprint density at radius 1 is 0.737 bits per heavy atom. The van der Waals surface area contributed by atoms with Gasteiger partial charge in [-0.05, 0) is 26.9 Å². The lowest BCUT2D eigenvalue weighted by molar-refractivity contribution is 1.71. The third kappa shape index (κ3) is 1.38. The van der Waals surface area contributed by atoms with Crippen LogP contribution < -0.4 is 14.9 Å². The second-order valence-corrected chi connectivity index (χ2v) is 10.4. The van der Waals surface area contributed by atoms with Crippen LogP contribution in [-0.2, 0) is 0 Å². The van der Waals surface area contributed by atoms with Crippen molar-refractivity contribution in [1.82, 2.24) is 0 Å². The topological polar surface area (TPSA) is 0 Å². The Balaban J connectivity index is 2.12. The van der Waals surface area contributed by atoms with Crippen LogP contribution in [0.25, 0.3) is 11.1 Å². The van der Waals surface area contributed by atoms with Crippen molar-refractivity contribution in [3.05, 3.63) is 66.0 Å². The van der Waals surface area contributed by atoms with Crippen LogP contribution in [0.5, 0.6) is 0 Å². The van der Waals surface area contributed by atoms with Gasteiger partial charge < -0.3 is 0 Å². The zero-order chi connectivity index (χ0) is 12.9. The van der Waals surface area contributed by atoms with E-state index in [0.717, 1.165) is 0 Å². The molecule has 0 fully saturated rings. The van der Waals surface area contributed by atoms with E-state index in [9.17, 15) is 0 Å². The van der Waals surface area contributed by atoms with Crippen LogP contribution in [0.2, 0.25) is 6.55 Å². The number of hydrogen-bond donors (Lipinski definition) is 0. The Labute approximate surface area is 118 Å². The number of rotatable bonds is 1. The number of hydrogen-bond acceptors (Lipinski definition) is 1. The number of thiophene rings is 1. The fraction of sp³-hybridized carbons (Fsp3) is 0.0588. The van der Waals surface area contributed by atoms with Gasteiger partial charge in [-0.15, -0.1) is 0 Å². The molecule has 1 aromatic heterocycles. The Morgan fingerprint density at radius 2 is 1.32 bits per heavy atom. The predicted molar refractivity (Wildman–Crippen MR) is 86.7 cm³/mol. The average molecular weight is 278 g/mol. The summed E-state index contributed by atoms with van der Waals surface area (Å²) in [7, 11) is -1.73. The molecule has 0 spiro atoms. The van der Waals surface area contributed by atoms with Crippen LogP contribution in [0.3, 0.4) is 0 Å². The van der Waals surface area contributed by atoms with Crippen LogP contribution >= 0.6 is 11.3 Å². The standard InChI is InChI=1S/C17H14SSi/c1-19(17-11-6-12-18-17)15-9-4-2-7-13(15)14-8-3-5-10-16(14)19/h2-12H,1H3. The molecule has 0 nitrogen and oxygen atoms in total. The number of fused-ring (bicyclic) bond motifs is 3. The maximum absolute atomic E-state index is 2.49. The molecule has 2 heteroatoms. The van der Waals surface area contributed by atoms with E-state index in [-0.39, 0.29) is 0 Å². The first-order chi connectivity index (χ1) is 9.32. The van der Waals surface area contributed by atoms with E-state index in [1.807, 2.05) is 11.3 Å². The Morgan fingerprint density at radius 3 is 1.84 bits per heavy atom. The summed E-state index contributed by atoms with van der Waals surface area (Å²) in [4.78, 5) is 0. The van der Waals surface area contributed by atoms with E-state index < -0.39 is 8.07 Å². The van der Waals surface area contributed by atoms with E-state index in [0.29, 0.717) is 0 Å². The van der Waals surface area contributed by atoms with E-state index >= 15 is 0 Å². The lowest BCUT2D eigenvalue weighted by Crippen LogP contribution is -2.61. The monoisotopic (exact) mass is 278 g/mol. The van der Waals surface area contributed by atoms with Crippen LogP contribution in [-0.4, -0.2) is 8.07 Å². The van der Waals surface area contributed by atoms with Gasteiger partial charge in [0.05, 0.1) is 0 Å². The molecule has 0 atom stereocenters. The molecule has 3 aromatic rings. The quantitative estimate of drug-likeness (QED) is 0.601. The van der Waals surface area contributed by atoms with Gasteiger partial charge in [0.2, 0.25) is 0 Å². The van der Waals surface area contributed by atoms with Gasteiger partial charge in [-0.2, -0.15) is 11.3 Å². The van der Waals surface area contributed by atoms with Crippen molar-refractivity contribution in [2.24, 2.45) is 0 Å². The van der Waals surface area contributed by atoms with Gasteiger partial charge in [-0.25, -0.2) is 0 Å². The van der Waals surface area contributed by atoms with Gasteiger partial charge in [0.15, 0.2) is 8.07 Å². The molecule has 1 aliphatic rings. The molecule has 0 unspecified atom stereocenters. The molecule has 2 heterocycles. The molecule has 2 aromatic carbocycles. The molecule has 19 heavy (non-hydrogen) atoms. The van der Waals surface area contributed by atoms with Gasteiger partial charge >= 0.3 is 0 Å². The van der Waals surface area contributed by atoms with Crippen LogP contribution in [0.4, 0.5) is 0 Å². The summed E-state index contributed by atoms with van der Waals surface area (Å²) in [5.74, 6) is 0. The Kier molecular flexibility index (Phi) is 2.31. The predicted octanol–water partition coefficient (Wildman–Crippen LogP) is 2.83. The minimum atomic E-state index is -1.73. The summed E-state index contributed by atoms with van der Waals surface area (Å²) in [6.07, 6.45) is 0. The third-order valence-corrected chi connectivity index (χ3v) is 10.7. The minimum Gasteiger partial charge on any atom is -0.153 e. The molecule has 0 aliphatic carbocycles. The van der Waals surface area contributed by atoms with E-state index in [1.165, 1.54) is 11.1 Å². The fourth-order valence-electron chi connectivity index (χ4n) is 3.28. The van der Waals surface area contributed by atoms with Crippen molar-refractivity contribution in [3.8, 4) is 11.1 Å². The smallest absolute Gasteiger partial charge is 0.153 e. The van der Waals surface area contributed by atoms with Gasteiger partial charge in [-0.1, -0.05) is 67.2 Å². The molecule has 0 N–H and O–H groups in total. The average Bonchev–Trinajstić information content (AvgIpc) is 3.08. The lowest BCUT2D eigenvalue weighted by Gasteiger charge is -2.23. The first-order valence-corrected chi connectivity index (χ1v) is 9.93. The summed E-state index contributed by atoms with van der Waals surface area (Å²) in [5, 5.41) is 5.34.